The van der Waals surface area contributed by atoms with E-state index < -0.39 is 0 Å². The van der Waals surface area contributed by atoms with Gasteiger partial charge in [-0.15, -0.1) is 11.3 Å². The van der Waals surface area contributed by atoms with Gasteiger partial charge in [-0.05, 0) is 55.5 Å². The molecular formula is C22H25FN4OS. The molecule has 3 aromatic rings. The summed E-state index contributed by atoms with van der Waals surface area (Å²) in [7, 11) is 1.62. The Kier molecular flexibility index (Phi) is 4.87. The van der Waals surface area contributed by atoms with E-state index in [2.05, 4.69) is 31.2 Å². The van der Waals surface area contributed by atoms with Crippen LogP contribution in [0.4, 0.5) is 10.2 Å². The summed E-state index contributed by atoms with van der Waals surface area (Å²) in [6.45, 7) is 4.67. The second-order valence-corrected chi connectivity index (χ2v) is 9.17. The molecule has 0 radical (unpaired) electrons. The Morgan fingerprint density at radius 1 is 1.17 bits per heavy atom. The van der Waals surface area contributed by atoms with Gasteiger partial charge in [-0.2, -0.15) is 0 Å². The molecule has 0 unspecified atom stereocenters. The highest BCUT2D eigenvalue weighted by atomic mass is 32.1. The largest absolute Gasteiger partial charge is 0.497 e. The first kappa shape index (κ1) is 18.8. The van der Waals surface area contributed by atoms with Gasteiger partial charge in [0.25, 0.3) is 0 Å². The summed E-state index contributed by atoms with van der Waals surface area (Å²) >= 11 is 1.66. The Bertz CT molecular complexity index is 1020. The molecule has 1 spiro atoms. The van der Waals surface area contributed by atoms with Crippen molar-refractivity contribution in [1.82, 2.24) is 14.9 Å². The van der Waals surface area contributed by atoms with Crippen molar-refractivity contribution in [3.8, 4) is 5.75 Å². The molecule has 2 aliphatic heterocycles. The number of likely N-dealkylation sites (tertiary alicyclic amines) is 1. The zero-order valence-corrected chi connectivity index (χ0v) is 17.4. The Morgan fingerprint density at radius 2 is 2.10 bits per heavy atom. The van der Waals surface area contributed by atoms with E-state index in [1.54, 1.807) is 30.8 Å². The fourth-order valence-electron chi connectivity index (χ4n) is 4.96. The normalized spacial score (nSPS) is 22.6. The minimum absolute atomic E-state index is 0.153. The lowest BCUT2D eigenvalue weighted by Gasteiger charge is -2.40. The van der Waals surface area contributed by atoms with Gasteiger partial charge in [0.15, 0.2) is 0 Å². The number of halogens is 1. The molecular weight excluding hydrogens is 387 g/mol. The smallest absolute Gasteiger partial charge is 0.140 e. The van der Waals surface area contributed by atoms with E-state index in [9.17, 15) is 4.39 Å². The molecule has 2 aromatic heterocycles. The number of aromatic nitrogens is 2. The molecule has 0 bridgehead atoms. The molecule has 1 atom stereocenters. The number of nitrogens with zero attached hydrogens (tertiary/aromatic N) is 4. The van der Waals surface area contributed by atoms with Gasteiger partial charge >= 0.3 is 0 Å². The van der Waals surface area contributed by atoms with E-state index in [1.807, 2.05) is 6.07 Å². The predicted molar refractivity (Wildman–Crippen MR) is 114 cm³/mol. The van der Waals surface area contributed by atoms with Crippen LogP contribution in [0.15, 0.2) is 36.0 Å². The topological polar surface area (TPSA) is 41.5 Å². The lowest BCUT2D eigenvalue weighted by atomic mass is 9.79. The lowest BCUT2D eigenvalue weighted by molar-refractivity contribution is 0.0981. The van der Waals surface area contributed by atoms with E-state index in [0.29, 0.717) is 17.9 Å². The second kappa shape index (κ2) is 7.54. The summed E-state index contributed by atoms with van der Waals surface area (Å²) in [5.74, 6) is 1.62. The lowest BCUT2D eigenvalue weighted by Crippen LogP contribution is -2.44. The highest BCUT2D eigenvalue weighted by Crippen LogP contribution is 2.42. The quantitative estimate of drug-likeness (QED) is 0.638. The number of benzene rings is 1. The van der Waals surface area contributed by atoms with Crippen molar-refractivity contribution < 1.29 is 9.13 Å². The van der Waals surface area contributed by atoms with E-state index in [1.165, 1.54) is 12.5 Å². The maximum Gasteiger partial charge on any atom is 0.140 e. The Labute approximate surface area is 174 Å². The molecule has 5 rings (SSSR count). The highest BCUT2D eigenvalue weighted by Gasteiger charge is 2.42. The minimum Gasteiger partial charge on any atom is -0.497 e. The van der Waals surface area contributed by atoms with Gasteiger partial charge in [0.1, 0.15) is 28.5 Å². The molecule has 0 N–H and O–H groups in total. The van der Waals surface area contributed by atoms with Gasteiger partial charge in [-0.25, -0.2) is 14.4 Å². The third kappa shape index (κ3) is 3.57. The van der Waals surface area contributed by atoms with Crippen molar-refractivity contribution >= 4 is 27.4 Å². The van der Waals surface area contributed by atoms with Crippen LogP contribution in [-0.2, 0) is 6.54 Å². The molecule has 29 heavy (non-hydrogen) atoms. The zero-order chi connectivity index (χ0) is 19.8. The number of fused-ring (bicyclic) bond motifs is 1. The van der Waals surface area contributed by atoms with Gasteiger partial charge < -0.3 is 9.64 Å². The monoisotopic (exact) mass is 412 g/mol. The first-order valence-electron chi connectivity index (χ1n) is 10.1. The number of rotatable bonds is 4. The summed E-state index contributed by atoms with van der Waals surface area (Å²) in [6.07, 6.45) is 5.20. The van der Waals surface area contributed by atoms with Crippen LogP contribution in [0.25, 0.3) is 10.2 Å². The minimum atomic E-state index is -0.153. The van der Waals surface area contributed by atoms with E-state index >= 15 is 0 Å². The second-order valence-electron chi connectivity index (χ2n) is 8.28. The molecule has 0 saturated carbocycles. The number of ether oxygens (including phenoxy) is 1. The van der Waals surface area contributed by atoms with E-state index in [0.717, 1.165) is 55.1 Å². The van der Waals surface area contributed by atoms with Gasteiger partial charge in [0.2, 0.25) is 0 Å². The maximum absolute atomic E-state index is 14.3. The van der Waals surface area contributed by atoms with Crippen LogP contribution in [0.1, 0.15) is 24.8 Å². The number of anilines is 1. The van der Waals surface area contributed by atoms with Crippen LogP contribution in [0.3, 0.4) is 0 Å². The number of hydrogen-bond acceptors (Lipinski definition) is 6. The molecule has 1 aromatic carbocycles. The first-order valence-corrected chi connectivity index (χ1v) is 11.0. The van der Waals surface area contributed by atoms with Gasteiger partial charge in [0, 0.05) is 37.2 Å². The average Bonchev–Trinajstić information content (AvgIpc) is 3.37. The third-order valence-electron chi connectivity index (χ3n) is 6.37. The van der Waals surface area contributed by atoms with Crippen molar-refractivity contribution in [3.63, 3.8) is 0 Å². The fourth-order valence-corrected chi connectivity index (χ4v) is 5.69. The van der Waals surface area contributed by atoms with Crippen LogP contribution in [0.5, 0.6) is 5.75 Å². The molecule has 2 aliphatic rings. The van der Waals surface area contributed by atoms with Crippen molar-refractivity contribution in [1.29, 1.82) is 0 Å². The van der Waals surface area contributed by atoms with Crippen molar-refractivity contribution in [2.24, 2.45) is 5.41 Å². The molecule has 2 saturated heterocycles. The fraction of sp³-hybridized carbons (Fsp3) is 0.455. The summed E-state index contributed by atoms with van der Waals surface area (Å²) in [5.41, 5.74) is 0.966. The molecule has 2 fully saturated rings. The van der Waals surface area contributed by atoms with E-state index in [-0.39, 0.29) is 11.2 Å². The summed E-state index contributed by atoms with van der Waals surface area (Å²) in [5, 5.41) is 3.24. The number of piperidine rings is 1. The third-order valence-corrected chi connectivity index (χ3v) is 7.19. The molecule has 5 nitrogen and oxygen atoms in total. The maximum atomic E-state index is 14.3. The summed E-state index contributed by atoms with van der Waals surface area (Å²) in [6, 6.07) is 7.13. The van der Waals surface area contributed by atoms with E-state index in [4.69, 9.17) is 4.74 Å². The van der Waals surface area contributed by atoms with Crippen molar-refractivity contribution in [2.75, 3.05) is 38.2 Å². The summed E-state index contributed by atoms with van der Waals surface area (Å²) < 4.78 is 19.6. The molecule has 0 amide bonds. The van der Waals surface area contributed by atoms with Crippen LogP contribution >= 0.6 is 11.3 Å². The van der Waals surface area contributed by atoms with Gasteiger partial charge in [-0.3, -0.25) is 4.90 Å². The van der Waals surface area contributed by atoms with Crippen LogP contribution < -0.4 is 9.64 Å². The van der Waals surface area contributed by atoms with Gasteiger partial charge in [0.05, 0.1) is 12.5 Å². The SMILES string of the molecule is COc1ccc(F)c(CN2CCC[C@@]3(CCN(c4ncnc5sccc45)C3)C2)c1. The zero-order valence-electron chi connectivity index (χ0n) is 16.6. The summed E-state index contributed by atoms with van der Waals surface area (Å²) in [4.78, 5) is 14.9. The van der Waals surface area contributed by atoms with Crippen molar-refractivity contribution in [3.05, 3.63) is 47.4 Å². The molecule has 0 aliphatic carbocycles. The first-order chi connectivity index (χ1) is 14.2. The molecule has 7 heteroatoms. The van der Waals surface area contributed by atoms with Gasteiger partial charge in [-0.1, -0.05) is 0 Å². The highest BCUT2D eigenvalue weighted by molar-refractivity contribution is 7.16. The number of thiophene rings is 1. The molecule has 4 heterocycles. The van der Waals surface area contributed by atoms with Crippen molar-refractivity contribution in [2.45, 2.75) is 25.8 Å². The molecule has 152 valence electrons. The average molecular weight is 413 g/mol. The predicted octanol–water partition coefficient (Wildman–Crippen LogP) is 4.33. The standard InChI is InChI=1S/C22H25FN4OS/c1-28-17-3-4-19(23)16(11-17)12-26-8-2-6-22(13-26)7-9-27(14-22)20-18-5-10-29-21(18)25-15-24-20/h3-5,10-11,15H,2,6-9,12-14H2,1H3/t22-/m1/s1. The Morgan fingerprint density at radius 3 is 3.00 bits per heavy atom. The Hall–Kier alpha value is -2.25. The van der Waals surface area contributed by atoms with Crippen LogP contribution in [0.2, 0.25) is 0 Å². The van der Waals surface area contributed by atoms with Crippen LogP contribution in [0, 0.1) is 11.2 Å². The Balaban J connectivity index is 1.33. The number of hydrogen-bond donors (Lipinski definition) is 0. The number of methoxy groups -OCH3 is 1. The van der Waals surface area contributed by atoms with Crippen LogP contribution in [-0.4, -0.2) is 48.2 Å².